The van der Waals surface area contributed by atoms with E-state index in [-0.39, 0.29) is 24.3 Å². The summed E-state index contributed by atoms with van der Waals surface area (Å²) >= 11 is 2.65. The van der Waals surface area contributed by atoms with Gasteiger partial charge in [0.1, 0.15) is 35.0 Å². The van der Waals surface area contributed by atoms with Crippen molar-refractivity contribution in [2.24, 2.45) is 11.5 Å². The van der Waals surface area contributed by atoms with E-state index in [4.69, 9.17) is 21.3 Å². The van der Waals surface area contributed by atoms with Gasteiger partial charge in [-0.3, -0.25) is 9.59 Å². The third-order valence-corrected chi connectivity index (χ3v) is 8.78. The predicted octanol–water partition coefficient (Wildman–Crippen LogP) is 0.929. The summed E-state index contributed by atoms with van der Waals surface area (Å²) in [6, 6.07) is 3.54. The fourth-order valence-electron chi connectivity index (χ4n) is 4.64. The Morgan fingerprint density at radius 3 is 2.27 bits per heavy atom. The first kappa shape index (κ1) is 25.3. The van der Waals surface area contributed by atoms with Crippen LogP contribution in [0, 0.1) is 0 Å². The highest BCUT2D eigenvalue weighted by atomic mass is 32.2. The Balaban J connectivity index is 1.54. The number of nitrogens with two attached hydrogens (primary N) is 2. The Kier molecular flexibility index (Phi) is 6.52. The van der Waals surface area contributed by atoms with Crippen molar-refractivity contribution in [3.8, 4) is 11.5 Å². The number of hydrogen-bond acceptors (Lipinski definition) is 11. The summed E-state index contributed by atoms with van der Waals surface area (Å²) in [4.78, 5) is 37.9. The molecule has 0 aromatic heterocycles. The normalized spacial score (nSPS) is 22.9. The van der Waals surface area contributed by atoms with Crippen LogP contribution in [0.3, 0.4) is 0 Å². The summed E-state index contributed by atoms with van der Waals surface area (Å²) in [5.74, 6) is -2.76. The van der Waals surface area contributed by atoms with Crippen LogP contribution >= 0.6 is 23.5 Å². The molecule has 3 aliphatic rings. The Morgan fingerprint density at radius 1 is 1.03 bits per heavy atom. The number of thioether (sulfide) groups is 2. The number of nitrogens with one attached hydrogen (secondary N) is 1. The van der Waals surface area contributed by atoms with Crippen molar-refractivity contribution in [2.45, 2.75) is 52.4 Å². The second kappa shape index (κ2) is 9.52. The molecule has 0 radical (unpaired) electrons. The van der Waals surface area contributed by atoms with Gasteiger partial charge in [-0.05, 0) is 48.2 Å². The second-order valence-electron chi connectivity index (χ2n) is 8.99. The third kappa shape index (κ3) is 4.61. The molecule has 14 heteroatoms. The summed E-state index contributed by atoms with van der Waals surface area (Å²) in [6.07, 6.45) is -0.666. The van der Waals surface area contributed by atoms with Crippen LogP contribution in [0.15, 0.2) is 34.1 Å². The molecule has 12 nitrogen and oxygen atoms in total. The summed E-state index contributed by atoms with van der Waals surface area (Å²) < 4.78 is 6.25. The number of rotatable bonds is 7. The topological polar surface area (TPSA) is 209 Å². The summed E-state index contributed by atoms with van der Waals surface area (Å²) in [6.45, 7) is 0. The van der Waals surface area contributed by atoms with Crippen LogP contribution < -0.4 is 26.4 Å². The first-order valence-corrected chi connectivity index (χ1v) is 13.1. The van der Waals surface area contributed by atoms with Crippen molar-refractivity contribution in [3.05, 3.63) is 35.4 Å². The smallest absolute Gasteiger partial charge is 0.327 e. The van der Waals surface area contributed by atoms with E-state index in [1.807, 2.05) is 6.07 Å². The highest BCUT2D eigenvalue weighted by molar-refractivity contribution is 8.00. The number of carbonyl (C=O) groups is 3. The number of fused-ring (bicyclic) bond motifs is 3. The number of aliphatic carboxylic acids is 3. The van der Waals surface area contributed by atoms with Gasteiger partial charge in [0.25, 0.3) is 0 Å². The van der Waals surface area contributed by atoms with E-state index in [9.17, 15) is 29.7 Å². The zero-order valence-electron chi connectivity index (χ0n) is 19.2. The maximum atomic E-state index is 12.3. The number of anilines is 2. The molecule has 5 atom stereocenters. The molecule has 0 bridgehead atoms. The highest BCUT2D eigenvalue weighted by Crippen LogP contribution is 2.54. The number of ether oxygens (including phenoxy) is 1. The Labute approximate surface area is 218 Å². The largest absolute Gasteiger partial charge is 0.506 e. The number of phenolic OH excluding ortho intramolecular Hbond substituents is 1. The fourth-order valence-corrected chi connectivity index (χ4v) is 7.23. The average molecular weight is 549 g/mol. The van der Waals surface area contributed by atoms with Crippen molar-refractivity contribution in [3.63, 3.8) is 0 Å². The molecule has 2 aromatic carbocycles. The van der Waals surface area contributed by atoms with Gasteiger partial charge in [0.15, 0.2) is 0 Å². The quantitative estimate of drug-likeness (QED) is 0.240. The molecule has 9 N–H and O–H groups in total. The zero-order chi connectivity index (χ0) is 26.6. The number of phenols is 1. The Morgan fingerprint density at radius 2 is 1.65 bits per heavy atom. The minimum Gasteiger partial charge on any atom is -0.506 e. The van der Waals surface area contributed by atoms with Gasteiger partial charge in [0.2, 0.25) is 6.23 Å². The molecule has 3 aliphatic heterocycles. The van der Waals surface area contributed by atoms with Crippen molar-refractivity contribution < 1.29 is 39.5 Å². The molecule has 0 saturated carbocycles. The molecule has 196 valence electrons. The lowest BCUT2D eigenvalue weighted by Crippen LogP contribution is -2.60. The molecule has 0 fully saturated rings. The number of carboxylic acids is 3. The second-order valence-corrected chi connectivity index (χ2v) is 11.2. The highest BCUT2D eigenvalue weighted by Gasteiger charge is 2.48. The lowest BCUT2D eigenvalue weighted by atomic mass is 10.0. The monoisotopic (exact) mass is 548 g/mol. The van der Waals surface area contributed by atoms with Gasteiger partial charge in [-0.1, -0.05) is 11.8 Å². The first-order chi connectivity index (χ1) is 17.5. The van der Waals surface area contributed by atoms with Crippen molar-refractivity contribution >= 4 is 52.8 Å². The van der Waals surface area contributed by atoms with E-state index in [0.29, 0.717) is 33.1 Å². The van der Waals surface area contributed by atoms with Crippen LogP contribution in [0.25, 0.3) is 0 Å². The molecule has 0 spiro atoms. The molecule has 0 saturated heterocycles. The van der Waals surface area contributed by atoms with E-state index in [1.54, 1.807) is 17.0 Å². The van der Waals surface area contributed by atoms with Gasteiger partial charge in [-0.15, -0.1) is 11.8 Å². The van der Waals surface area contributed by atoms with Crippen LogP contribution in [0.2, 0.25) is 0 Å². The number of hydrogen-bond donors (Lipinski definition) is 7. The summed E-state index contributed by atoms with van der Waals surface area (Å²) in [7, 11) is 0. The van der Waals surface area contributed by atoms with Gasteiger partial charge >= 0.3 is 17.9 Å². The molecule has 5 unspecified atom stereocenters. The molecule has 5 rings (SSSR count). The van der Waals surface area contributed by atoms with Crippen molar-refractivity contribution in [1.29, 1.82) is 0 Å². The lowest BCUT2D eigenvalue weighted by molar-refractivity contribution is -0.139. The van der Waals surface area contributed by atoms with E-state index in [0.717, 1.165) is 4.90 Å². The lowest BCUT2D eigenvalue weighted by Gasteiger charge is -2.50. The molecule has 2 aromatic rings. The molecule has 3 heterocycles. The molecule has 37 heavy (non-hydrogen) atoms. The van der Waals surface area contributed by atoms with E-state index in [1.165, 1.54) is 29.6 Å². The minimum atomic E-state index is -1.16. The SMILES string of the molecule is NC(Cc1cc(O)c2c(c1)SC1C(N2)Oc2cc(CC(N)C(=O)O)cc3c2N1C(C(=O)O)CS3)C(=O)O. The van der Waals surface area contributed by atoms with Crippen LogP contribution in [0.4, 0.5) is 11.4 Å². The Bertz CT molecular complexity index is 1310. The van der Waals surface area contributed by atoms with Crippen molar-refractivity contribution in [2.75, 3.05) is 16.0 Å². The van der Waals surface area contributed by atoms with Crippen LogP contribution in [0.1, 0.15) is 11.1 Å². The van der Waals surface area contributed by atoms with E-state index in [2.05, 4.69) is 5.32 Å². The van der Waals surface area contributed by atoms with Crippen LogP contribution in [-0.2, 0) is 27.2 Å². The van der Waals surface area contributed by atoms with Crippen LogP contribution in [0.5, 0.6) is 11.5 Å². The molecular formula is C23H24N4O8S2. The Hall–Kier alpha value is -3.33. The number of aromatic hydroxyl groups is 1. The van der Waals surface area contributed by atoms with Crippen LogP contribution in [-0.4, -0.2) is 73.8 Å². The zero-order valence-corrected chi connectivity index (χ0v) is 20.8. The van der Waals surface area contributed by atoms with Gasteiger partial charge in [-0.2, -0.15) is 0 Å². The molecular weight excluding hydrogens is 524 g/mol. The number of nitrogens with zero attached hydrogens (tertiary/aromatic N) is 1. The summed E-state index contributed by atoms with van der Waals surface area (Å²) in [5, 5.41) is 41.7. The van der Waals surface area contributed by atoms with Gasteiger partial charge in [-0.25, -0.2) is 4.79 Å². The van der Waals surface area contributed by atoms with Gasteiger partial charge in [0, 0.05) is 15.5 Å². The van der Waals surface area contributed by atoms with E-state index >= 15 is 0 Å². The predicted molar refractivity (Wildman–Crippen MR) is 135 cm³/mol. The van der Waals surface area contributed by atoms with Gasteiger partial charge in [0.05, 0.1) is 11.4 Å². The maximum Gasteiger partial charge on any atom is 0.327 e. The van der Waals surface area contributed by atoms with E-state index < -0.39 is 47.6 Å². The maximum absolute atomic E-state index is 12.3. The van der Waals surface area contributed by atoms with Gasteiger partial charge < -0.3 is 46.8 Å². The molecule has 0 aliphatic carbocycles. The first-order valence-electron chi connectivity index (χ1n) is 11.3. The molecule has 0 amide bonds. The third-order valence-electron chi connectivity index (χ3n) is 6.38. The average Bonchev–Trinajstić information content (AvgIpc) is 2.83. The summed E-state index contributed by atoms with van der Waals surface area (Å²) in [5.41, 5.74) is 13.6. The minimum absolute atomic E-state index is 0.00761. The van der Waals surface area contributed by atoms with Crippen molar-refractivity contribution in [1.82, 2.24) is 0 Å². The number of carboxylic acid groups (broad SMARTS) is 3. The standard InChI is InChI=1S/C23H24N4O8S2/c24-10(21(29)30)1-8-3-13(28)17-15(5-8)37-20-19(26-17)35-14-4-9(2-11(25)22(31)32)6-16-18(14)27(20)12(7-36-16)23(33)34/h3-6,10-12,19-20,26,28H,1-2,7,24-25H2,(H,29,30)(H,31,32)(H,33,34). The number of benzene rings is 2. The fraction of sp³-hybridized carbons (Fsp3) is 0.348.